The summed E-state index contributed by atoms with van der Waals surface area (Å²) in [4.78, 5) is 7.13. The van der Waals surface area contributed by atoms with Gasteiger partial charge in [0.25, 0.3) is 0 Å². The van der Waals surface area contributed by atoms with Gasteiger partial charge in [0, 0.05) is 26.1 Å². The van der Waals surface area contributed by atoms with Crippen molar-refractivity contribution in [3.63, 3.8) is 0 Å². The van der Waals surface area contributed by atoms with Gasteiger partial charge in [-0.3, -0.25) is 4.99 Å². The summed E-state index contributed by atoms with van der Waals surface area (Å²) in [6, 6.07) is 10.1. The molecule has 140 valence electrons. The van der Waals surface area contributed by atoms with Crippen LogP contribution < -0.4 is 5.32 Å². The molecule has 25 heavy (non-hydrogen) atoms. The lowest BCUT2D eigenvalue weighted by molar-refractivity contribution is 0.183. The van der Waals surface area contributed by atoms with Crippen molar-refractivity contribution in [1.82, 2.24) is 10.2 Å². The molecule has 1 spiro atoms. The highest BCUT2D eigenvalue weighted by atomic mass is 127. The standard InChI is InChI=1S/C20H31N3O.HI/c1-2-21-19(23-13-12-20(16-23)10-6-7-11-20)22-15-18(24)14-17-8-4-3-5-9-17;/h3-5,8-9,18,24H,2,6-7,10-16H2,1H3,(H,21,22);1H. The minimum Gasteiger partial charge on any atom is -0.391 e. The zero-order valence-electron chi connectivity index (χ0n) is 15.3. The molecule has 2 aliphatic rings. The van der Waals surface area contributed by atoms with Gasteiger partial charge in [0.15, 0.2) is 5.96 Å². The van der Waals surface area contributed by atoms with E-state index >= 15 is 0 Å². The average molecular weight is 457 g/mol. The van der Waals surface area contributed by atoms with Gasteiger partial charge in [-0.05, 0) is 37.2 Å². The van der Waals surface area contributed by atoms with Crippen molar-refractivity contribution in [1.29, 1.82) is 0 Å². The van der Waals surface area contributed by atoms with Gasteiger partial charge in [-0.1, -0.05) is 43.2 Å². The molecule has 1 atom stereocenters. The van der Waals surface area contributed by atoms with Gasteiger partial charge in [0.1, 0.15) is 0 Å². The normalized spacial score (nSPS) is 20.6. The second-order valence-corrected chi connectivity index (χ2v) is 7.42. The van der Waals surface area contributed by atoms with E-state index in [-0.39, 0.29) is 24.0 Å². The third-order valence-corrected chi connectivity index (χ3v) is 5.50. The van der Waals surface area contributed by atoms with Gasteiger partial charge in [0.05, 0.1) is 12.6 Å². The third kappa shape index (κ3) is 5.58. The molecule has 5 heteroatoms. The van der Waals surface area contributed by atoms with Gasteiger partial charge in [-0.2, -0.15) is 0 Å². The van der Waals surface area contributed by atoms with E-state index in [0.717, 1.165) is 31.2 Å². The number of hydrogen-bond donors (Lipinski definition) is 2. The summed E-state index contributed by atoms with van der Waals surface area (Å²) in [5.74, 6) is 0.980. The highest BCUT2D eigenvalue weighted by molar-refractivity contribution is 14.0. The van der Waals surface area contributed by atoms with Crippen molar-refractivity contribution in [3.8, 4) is 0 Å². The van der Waals surface area contributed by atoms with Crippen LogP contribution in [0.2, 0.25) is 0 Å². The molecule has 1 saturated carbocycles. The molecule has 0 aromatic heterocycles. The minimum atomic E-state index is -0.427. The number of halogens is 1. The predicted molar refractivity (Wildman–Crippen MR) is 115 cm³/mol. The van der Waals surface area contributed by atoms with Crippen LogP contribution in [0.5, 0.6) is 0 Å². The summed E-state index contributed by atoms with van der Waals surface area (Å²) in [5.41, 5.74) is 1.70. The molecule has 4 nitrogen and oxygen atoms in total. The van der Waals surface area contributed by atoms with Gasteiger partial charge >= 0.3 is 0 Å². The van der Waals surface area contributed by atoms with Crippen LogP contribution in [0.1, 0.15) is 44.6 Å². The van der Waals surface area contributed by atoms with E-state index in [1.807, 2.05) is 18.2 Å². The van der Waals surface area contributed by atoms with Crippen LogP contribution >= 0.6 is 24.0 Å². The first-order valence-electron chi connectivity index (χ1n) is 9.46. The lowest BCUT2D eigenvalue weighted by Crippen LogP contribution is -2.41. The summed E-state index contributed by atoms with van der Waals surface area (Å²) in [6.07, 6.45) is 7.05. The van der Waals surface area contributed by atoms with Gasteiger partial charge in [-0.15, -0.1) is 24.0 Å². The Morgan fingerprint density at radius 2 is 1.96 bits per heavy atom. The van der Waals surface area contributed by atoms with E-state index in [0.29, 0.717) is 18.4 Å². The van der Waals surface area contributed by atoms with Crippen LogP contribution in [-0.2, 0) is 6.42 Å². The maximum absolute atomic E-state index is 10.3. The Morgan fingerprint density at radius 1 is 1.24 bits per heavy atom. The van der Waals surface area contributed by atoms with E-state index in [1.54, 1.807) is 0 Å². The first-order chi connectivity index (χ1) is 11.7. The third-order valence-electron chi connectivity index (χ3n) is 5.50. The molecule has 2 fully saturated rings. The Kier molecular flexibility index (Phi) is 8.00. The number of aliphatic imine (C=N–C) groups is 1. The summed E-state index contributed by atoms with van der Waals surface area (Å²) in [7, 11) is 0. The molecule has 0 bridgehead atoms. The fourth-order valence-electron chi connectivity index (χ4n) is 4.22. The van der Waals surface area contributed by atoms with Crippen molar-refractivity contribution in [2.45, 2.75) is 51.6 Å². The second kappa shape index (κ2) is 9.76. The van der Waals surface area contributed by atoms with Crippen molar-refractivity contribution < 1.29 is 5.11 Å². The highest BCUT2D eigenvalue weighted by Crippen LogP contribution is 2.45. The van der Waals surface area contributed by atoms with Gasteiger partial charge < -0.3 is 15.3 Å². The van der Waals surface area contributed by atoms with Crippen LogP contribution in [0.3, 0.4) is 0 Å². The smallest absolute Gasteiger partial charge is 0.194 e. The number of likely N-dealkylation sites (tertiary alicyclic amines) is 1. The van der Waals surface area contributed by atoms with Crippen molar-refractivity contribution in [2.75, 3.05) is 26.2 Å². The molecule has 2 N–H and O–H groups in total. The molecular weight excluding hydrogens is 425 g/mol. The lowest BCUT2D eigenvalue weighted by Gasteiger charge is -2.26. The number of guanidine groups is 1. The minimum absolute atomic E-state index is 0. The van der Waals surface area contributed by atoms with E-state index in [2.05, 4.69) is 29.3 Å². The van der Waals surface area contributed by atoms with E-state index < -0.39 is 6.10 Å². The molecule has 1 aliphatic heterocycles. The number of nitrogens with one attached hydrogen (secondary N) is 1. The van der Waals surface area contributed by atoms with Crippen LogP contribution in [-0.4, -0.2) is 48.2 Å². The first-order valence-corrected chi connectivity index (χ1v) is 9.46. The van der Waals surface area contributed by atoms with Crippen molar-refractivity contribution >= 4 is 29.9 Å². The molecule has 1 aromatic carbocycles. The van der Waals surface area contributed by atoms with Crippen LogP contribution in [0.15, 0.2) is 35.3 Å². The number of hydrogen-bond acceptors (Lipinski definition) is 2. The Morgan fingerprint density at radius 3 is 2.64 bits per heavy atom. The average Bonchev–Trinajstić information content (AvgIpc) is 3.23. The first kappa shape index (κ1) is 20.5. The van der Waals surface area contributed by atoms with Crippen molar-refractivity contribution in [3.05, 3.63) is 35.9 Å². The number of rotatable bonds is 5. The Hall–Kier alpha value is -0.820. The summed E-state index contributed by atoms with van der Waals surface area (Å²) >= 11 is 0. The predicted octanol–water partition coefficient (Wildman–Crippen LogP) is 3.44. The highest BCUT2D eigenvalue weighted by Gasteiger charge is 2.41. The molecule has 1 heterocycles. The monoisotopic (exact) mass is 457 g/mol. The molecule has 0 radical (unpaired) electrons. The Labute approximate surface area is 169 Å². The Bertz CT molecular complexity index is 543. The lowest BCUT2D eigenvalue weighted by atomic mass is 9.86. The quantitative estimate of drug-likeness (QED) is 0.405. The Balaban J connectivity index is 0.00000225. The van der Waals surface area contributed by atoms with Gasteiger partial charge in [-0.25, -0.2) is 0 Å². The maximum atomic E-state index is 10.3. The summed E-state index contributed by atoms with van der Waals surface area (Å²) < 4.78 is 0. The van der Waals surface area contributed by atoms with E-state index in [4.69, 9.17) is 4.99 Å². The summed E-state index contributed by atoms with van der Waals surface area (Å²) in [6.45, 7) is 5.67. The van der Waals surface area contributed by atoms with Gasteiger partial charge in [0.2, 0.25) is 0 Å². The molecule has 1 aliphatic carbocycles. The van der Waals surface area contributed by atoms with Crippen LogP contribution in [0, 0.1) is 5.41 Å². The van der Waals surface area contributed by atoms with E-state index in [9.17, 15) is 5.11 Å². The number of aliphatic hydroxyl groups excluding tert-OH is 1. The zero-order chi connectivity index (χ0) is 16.8. The SMILES string of the molecule is CCNC(=NCC(O)Cc1ccccc1)N1CCC2(CCCC2)C1.I. The number of benzene rings is 1. The number of aliphatic hydroxyl groups is 1. The molecule has 3 rings (SSSR count). The molecule has 1 aromatic rings. The van der Waals surface area contributed by atoms with Crippen LogP contribution in [0.4, 0.5) is 0 Å². The van der Waals surface area contributed by atoms with E-state index in [1.165, 1.54) is 32.1 Å². The van der Waals surface area contributed by atoms with Crippen molar-refractivity contribution in [2.24, 2.45) is 10.4 Å². The summed E-state index contributed by atoms with van der Waals surface area (Å²) in [5, 5.41) is 13.7. The molecule has 1 unspecified atom stereocenters. The molecular formula is C20H32IN3O. The maximum Gasteiger partial charge on any atom is 0.194 e. The fourth-order valence-corrected chi connectivity index (χ4v) is 4.22. The largest absolute Gasteiger partial charge is 0.391 e. The molecule has 0 amide bonds. The number of nitrogens with zero attached hydrogens (tertiary/aromatic N) is 2. The second-order valence-electron chi connectivity index (χ2n) is 7.42. The molecule has 1 saturated heterocycles. The fraction of sp³-hybridized carbons (Fsp3) is 0.650. The zero-order valence-corrected chi connectivity index (χ0v) is 17.6. The topological polar surface area (TPSA) is 47.9 Å². The van der Waals surface area contributed by atoms with Crippen LogP contribution in [0.25, 0.3) is 0 Å².